The van der Waals surface area contributed by atoms with Gasteiger partial charge in [-0.3, -0.25) is 9.69 Å². The van der Waals surface area contributed by atoms with Crippen LogP contribution in [0.15, 0.2) is 54.7 Å². The number of carbonyl (C=O) groups is 1. The van der Waals surface area contributed by atoms with Crippen molar-refractivity contribution in [3.8, 4) is 5.75 Å². The van der Waals surface area contributed by atoms with E-state index in [1.807, 2.05) is 18.2 Å². The second-order valence-electron chi connectivity index (χ2n) is 7.45. The van der Waals surface area contributed by atoms with Crippen LogP contribution in [0.2, 0.25) is 0 Å². The molecule has 1 amide bonds. The molecule has 4 rings (SSSR count). The lowest BCUT2D eigenvalue weighted by molar-refractivity contribution is -0.118. The zero-order valence-electron chi connectivity index (χ0n) is 16.3. The van der Waals surface area contributed by atoms with Crippen LogP contribution in [-0.2, 0) is 17.9 Å². The molecule has 2 aromatic carbocycles. The van der Waals surface area contributed by atoms with Gasteiger partial charge in [0.05, 0.1) is 7.11 Å². The molecule has 0 spiro atoms. The van der Waals surface area contributed by atoms with Crippen LogP contribution in [0.4, 0.5) is 0 Å². The maximum absolute atomic E-state index is 11.2. The van der Waals surface area contributed by atoms with Crippen LogP contribution in [0.25, 0.3) is 10.9 Å². The third kappa shape index (κ3) is 3.62. The summed E-state index contributed by atoms with van der Waals surface area (Å²) >= 11 is 0. The van der Waals surface area contributed by atoms with E-state index in [9.17, 15) is 4.79 Å². The van der Waals surface area contributed by atoms with E-state index in [-0.39, 0.29) is 5.91 Å². The molecule has 1 aromatic heterocycles. The molecule has 1 aliphatic heterocycles. The Morgan fingerprint density at radius 3 is 2.79 bits per heavy atom. The van der Waals surface area contributed by atoms with Crippen LogP contribution in [0.5, 0.6) is 5.75 Å². The van der Waals surface area contributed by atoms with E-state index in [1.54, 1.807) is 7.11 Å². The summed E-state index contributed by atoms with van der Waals surface area (Å²) in [6.45, 7) is 2.57. The van der Waals surface area contributed by atoms with Crippen LogP contribution < -0.4 is 10.5 Å². The number of fused-ring (bicyclic) bond motifs is 1. The van der Waals surface area contributed by atoms with Crippen molar-refractivity contribution in [1.29, 1.82) is 0 Å². The van der Waals surface area contributed by atoms with Gasteiger partial charge in [0, 0.05) is 48.2 Å². The van der Waals surface area contributed by atoms with Gasteiger partial charge in [-0.1, -0.05) is 36.4 Å². The van der Waals surface area contributed by atoms with Gasteiger partial charge in [-0.2, -0.15) is 0 Å². The fourth-order valence-corrected chi connectivity index (χ4v) is 4.39. The van der Waals surface area contributed by atoms with Gasteiger partial charge in [0.1, 0.15) is 5.75 Å². The van der Waals surface area contributed by atoms with Crippen LogP contribution in [0.1, 0.15) is 36.4 Å². The first kappa shape index (κ1) is 18.6. The summed E-state index contributed by atoms with van der Waals surface area (Å²) in [4.78, 5) is 13.8. The Morgan fingerprint density at radius 2 is 1.96 bits per heavy atom. The highest BCUT2D eigenvalue weighted by molar-refractivity contribution is 5.84. The third-order valence-corrected chi connectivity index (χ3v) is 5.71. The number of nitrogens with two attached hydrogens (primary N) is 1. The van der Waals surface area contributed by atoms with E-state index in [0.717, 1.165) is 30.8 Å². The van der Waals surface area contributed by atoms with E-state index in [4.69, 9.17) is 10.5 Å². The number of primary amides is 1. The Morgan fingerprint density at radius 1 is 1.18 bits per heavy atom. The van der Waals surface area contributed by atoms with E-state index < -0.39 is 0 Å². The molecule has 146 valence electrons. The number of aromatic nitrogens is 1. The lowest BCUT2D eigenvalue weighted by Crippen LogP contribution is -2.23. The molecule has 5 nitrogen and oxygen atoms in total. The van der Waals surface area contributed by atoms with Crippen molar-refractivity contribution in [1.82, 2.24) is 9.47 Å². The zero-order chi connectivity index (χ0) is 19.5. The quantitative estimate of drug-likeness (QED) is 0.680. The molecule has 1 atom stereocenters. The highest BCUT2D eigenvalue weighted by Gasteiger charge is 2.28. The number of para-hydroxylation sites is 2. The van der Waals surface area contributed by atoms with Crippen molar-refractivity contribution < 1.29 is 9.53 Å². The Hall–Kier alpha value is -2.79. The van der Waals surface area contributed by atoms with Crippen molar-refractivity contribution in [2.75, 3.05) is 13.7 Å². The Kier molecular flexibility index (Phi) is 5.35. The number of methoxy groups -OCH3 is 1. The van der Waals surface area contributed by atoms with E-state index in [0.29, 0.717) is 19.0 Å². The lowest BCUT2D eigenvalue weighted by Gasteiger charge is -2.26. The average molecular weight is 377 g/mol. The second kappa shape index (κ2) is 8.07. The van der Waals surface area contributed by atoms with Crippen LogP contribution in [0.3, 0.4) is 0 Å². The maximum atomic E-state index is 11.2. The van der Waals surface area contributed by atoms with Gasteiger partial charge in [-0.15, -0.1) is 0 Å². The Bertz CT molecular complexity index is 979. The molecule has 2 N–H and O–H groups in total. The Balaban J connectivity index is 1.63. The highest BCUT2D eigenvalue weighted by atomic mass is 16.5. The number of likely N-dealkylation sites (tertiary alicyclic amines) is 1. The monoisotopic (exact) mass is 377 g/mol. The largest absolute Gasteiger partial charge is 0.496 e. The second-order valence-corrected chi connectivity index (χ2v) is 7.45. The maximum Gasteiger partial charge on any atom is 0.219 e. The molecule has 0 saturated carbocycles. The Labute approximate surface area is 165 Å². The smallest absolute Gasteiger partial charge is 0.219 e. The summed E-state index contributed by atoms with van der Waals surface area (Å²) in [5, 5.41) is 1.25. The van der Waals surface area contributed by atoms with E-state index in [2.05, 4.69) is 46.0 Å². The number of rotatable bonds is 7. The predicted molar refractivity (Wildman–Crippen MR) is 111 cm³/mol. The number of benzene rings is 2. The molecule has 3 aromatic rings. The van der Waals surface area contributed by atoms with Crippen molar-refractivity contribution in [3.05, 3.63) is 65.9 Å². The fraction of sp³-hybridized carbons (Fsp3) is 0.348. The summed E-state index contributed by atoms with van der Waals surface area (Å²) in [7, 11) is 1.74. The van der Waals surface area contributed by atoms with E-state index >= 15 is 0 Å². The average Bonchev–Trinajstić information content (AvgIpc) is 3.31. The summed E-state index contributed by atoms with van der Waals surface area (Å²) < 4.78 is 7.77. The zero-order valence-corrected chi connectivity index (χ0v) is 16.3. The van der Waals surface area contributed by atoms with Crippen molar-refractivity contribution >= 4 is 16.8 Å². The molecular formula is C23H27N3O2. The first-order valence-corrected chi connectivity index (χ1v) is 9.89. The van der Waals surface area contributed by atoms with E-state index in [1.165, 1.54) is 22.9 Å². The van der Waals surface area contributed by atoms with Gasteiger partial charge < -0.3 is 15.0 Å². The third-order valence-electron chi connectivity index (χ3n) is 5.71. The minimum Gasteiger partial charge on any atom is -0.496 e. The molecule has 2 heterocycles. The molecule has 1 saturated heterocycles. The van der Waals surface area contributed by atoms with Crippen molar-refractivity contribution in [2.24, 2.45) is 5.73 Å². The molecule has 0 unspecified atom stereocenters. The first-order chi connectivity index (χ1) is 13.7. The fourth-order valence-electron chi connectivity index (χ4n) is 4.39. The molecule has 1 aliphatic rings. The SMILES string of the molecule is COc1ccccc1[C@@H]1CCCN1Cc1cn(CCC(N)=O)c2ccccc12. The number of amides is 1. The topological polar surface area (TPSA) is 60.5 Å². The number of carbonyl (C=O) groups excluding carboxylic acids is 1. The summed E-state index contributed by atoms with van der Waals surface area (Å²) in [5.74, 6) is 0.693. The van der Waals surface area contributed by atoms with Gasteiger partial charge in [0.25, 0.3) is 0 Å². The van der Waals surface area contributed by atoms with Gasteiger partial charge >= 0.3 is 0 Å². The van der Waals surface area contributed by atoms with Crippen LogP contribution in [0, 0.1) is 0 Å². The van der Waals surface area contributed by atoms with Crippen LogP contribution in [-0.4, -0.2) is 29.0 Å². The summed E-state index contributed by atoms with van der Waals surface area (Å²) in [6, 6.07) is 17.1. The standard InChI is InChI=1S/C23H27N3O2/c1-28-22-11-5-3-8-19(22)21-10-6-13-25(21)15-17-16-26(14-12-23(24)27)20-9-4-2-7-18(17)20/h2-5,7-9,11,16,21H,6,10,12-15H2,1H3,(H2,24,27)/t21-/m0/s1. The molecule has 0 bridgehead atoms. The highest BCUT2D eigenvalue weighted by Crippen LogP contribution is 2.38. The molecule has 1 fully saturated rings. The molecule has 0 aliphatic carbocycles. The summed E-state index contributed by atoms with van der Waals surface area (Å²) in [6.07, 6.45) is 4.86. The van der Waals surface area contributed by atoms with Gasteiger partial charge in [0.2, 0.25) is 5.91 Å². The normalized spacial score (nSPS) is 17.2. The minimum absolute atomic E-state index is 0.268. The van der Waals surface area contributed by atoms with Crippen LogP contribution >= 0.6 is 0 Å². The van der Waals surface area contributed by atoms with Gasteiger partial charge in [-0.05, 0) is 37.1 Å². The summed E-state index contributed by atoms with van der Waals surface area (Å²) in [5.41, 5.74) is 9.08. The van der Waals surface area contributed by atoms with Crippen molar-refractivity contribution in [3.63, 3.8) is 0 Å². The van der Waals surface area contributed by atoms with Gasteiger partial charge in [-0.25, -0.2) is 0 Å². The molecule has 0 radical (unpaired) electrons. The number of nitrogens with zero attached hydrogens (tertiary/aromatic N) is 2. The molecule has 5 heteroatoms. The lowest BCUT2D eigenvalue weighted by atomic mass is 10.0. The number of hydrogen-bond acceptors (Lipinski definition) is 3. The first-order valence-electron chi connectivity index (χ1n) is 9.89. The number of ether oxygens (including phenoxy) is 1. The predicted octanol–water partition coefficient (Wildman–Crippen LogP) is 3.86. The minimum atomic E-state index is -0.268. The number of hydrogen-bond donors (Lipinski definition) is 1. The van der Waals surface area contributed by atoms with Crippen molar-refractivity contribution in [2.45, 2.75) is 38.4 Å². The van der Waals surface area contributed by atoms with Gasteiger partial charge in [0.15, 0.2) is 0 Å². The molecular weight excluding hydrogens is 350 g/mol. The molecule has 28 heavy (non-hydrogen) atoms. The number of aryl methyl sites for hydroxylation is 1.